The highest BCUT2D eigenvalue weighted by Crippen LogP contribution is 2.49. The zero-order chi connectivity index (χ0) is 18.5. The molecule has 140 valence electrons. The third kappa shape index (κ3) is 2.99. The molecule has 1 aromatic heterocycles. The number of rotatable bonds is 4. The highest BCUT2D eigenvalue weighted by Gasteiger charge is 2.43. The highest BCUT2D eigenvalue weighted by molar-refractivity contribution is 7.16. The summed E-state index contributed by atoms with van der Waals surface area (Å²) < 4.78 is 0. The summed E-state index contributed by atoms with van der Waals surface area (Å²) in [5.41, 5.74) is 2.29. The van der Waals surface area contributed by atoms with Crippen molar-refractivity contribution in [2.24, 2.45) is 29.1 Å². The molecular weight excluding hydrogens is 340 g/mol. The van der Waals surface area contributed by atoms with Crippen molar-refractivity contribution in [3.63, 3.8) is 0 Å². The van der Waals surface area contributed by atoms with Crippen molar-refractivity contribution < 1.29 is 4.79 Å². The van der Waals surface area contributed by atoms with Gasteiger partial charge in [-0.3, -0.25) is 4.79 Å². The minimum atomic E-state index is 0.165. The Morgan fingerprint density at radius 1 is 1.31 bits per heavy atom. The maximum atomic E-state index is 12.8. The van der Waals surface area contributed by atoms with Crippen LogP contribution in [0, 0.1) is 40.4 Å². The molecule has 1 aromatic rings. The molecule has 3 aliphatic rings. The van der Waals surface area contributed by atoms with Gasteiger partial charge in [-0.1, -0.05) is 33.6 Å². The van der Waals surface area contributed by atoms with E-state index in [0.717, 1.165) is 42.2 Å². The number of nitriles is 1. The fraction of sp³-hybridized carbons (Fsp3) is 0.727. The summed E-state index contributed by atoms with van der Waals surface area (Å²) in [7, 11) is 0. The predicted molar refractivity (Wildman–Crippen MR) is 106 cm³/mol. The van der Waals surface area contributed by atoms with Crippen molar-refractivity contribution in [1.82, 2.24) is 0 Å². The van der Waals surface area contributed by atoms with E-state index in [1.54, 1.807) is 11.3 Å². The summed E-state index contributed by atoms with van der Waals surface area (Å²) in [5.74, 6) is 2.35. The summed E-state index contributed by atoms with van der Waals surface area (Å²) in [6.07, 6.45) is 9.17. The summed E-state index contributed by atoms with van der Waals surface area (Å²) in [6.45, 7) is 6.99. The number of anilines is 1. The zero-order valence-electron chi connectivity index (χ0n) is 16.2. The van der Waals surface area contributed by atoms with Gasteiger partial charge in [-0.2, -0.15) is 5.26 Å². The molecule has 0 unspecified atom stereocenters. The number of nitrogens with zero attached hydrogens (tertiary/aromatic N) is 1. The van der Waals surface area contributed by atoms with Crippen LogP contribution in [0.4, 0.5) is 5.00 Å². The molecule has 1 amide bonds. The second-order valence-corrected chi connectivity index (χ2v) is 10.5. The number of hydrogen-bond acceptors (Lipinski definition) is 3. The summed E-state index contributed by atoms with van der Waals surface area (Å²) >= 11 is 1.67. The molecule has 0 radical (unpaired) electrons. The first-order chi connectivity index (χ1) is 12.4. The second-order valence-electron chi connectivity index (χ2n) is 9.37. The Morgan fingerprint density at radius 2 is 2.12 bits per heavy atom. The molecule has 26 heavy (non-hydrogen) atoms. The van der Waals surface area contributed by atoms with Crippen LogP contribution in [0.25, 0.3) is 0 Å². The third-order valence-corrected chi connectivity index (χ3v) is 8.87. The Balaban J connectivity index is 1.53. The molecule has 2 fully saturated rings. The Morgan fingerprint density at radius 3 is 2.73 bits per heavy atom. The van der Waals surface area contributed by atoms with Gasteiger partial charge in [-0.05, 0) is 67.3 Å². The lowest BCUT2D eigenvalue weighted by molar-refractivity contribution is -0.121. The van der Waals surface area contributed by atoms with E-state index in [9.17, 15) is 10.1 Å². The van der Waals surface area contributed by atoms with Gasteiger partial charge in [0.25, 0.3) is 0 Å². The van der Waals surface area contributed by atoms with Crippen LogP contribution in [0.5, 0.6) is 0 Å². The molecule has 3 aliphatic carbocycles. The Kier molecular flexibility index (Phi) is 4.63. The number of nitrogens with one attached hydrogen (secondary N) is 1. The lowest BCUT2D eigenvalue weighted by Crippen LogP contribution is -2.28. The smallest absolute Gasteiger partial charge is 0.228 e. The summed E-state index contributed by atoms with van der Waals surface area (Å²) in [5, 5.41) is 13.7. The molecule has 4 rings (SSSR count). The Labute approximate surface area is 161 Å². The van der Waals surface area contributed by atoms with Crippen LogP contribution in [0.2, 0.25) is 0 Å². The van der Waals surface area contributed by atoms with Gasteiger partial charge in [0.1, 0.15) is 11.1 Å². The van der Waals surface area contributed by atoms with Gasteiger partial charge in [0.05, 0.1) is 5.56 Å². The number of carbonyl (C=O) groups is 1. The van der Waals surface area contributed by atoms with Crippen LogP contribution >= 0.6 is 11.3 Å². The van der Waals surface area contributed by atoms with Crippen molar-refractivity contribution in [2.75, 3.05) is 5.32 Å². The Hall–Kier alpha value is -1.34. The lowest BCUT2D eigenvalue weighted by atomic mass is 9.69. The molecule has 2 bridgehead atoms. The van der Waals surface area contributed by atoms with E-state index in [2.05, 4.69) is 32.2 Å². The maximum Gasteiger partial charge on any atom is 0.228 e. The number of carbonyl (C=O) groups excluding carboxylic acids is 1. The molecule has 3 nitrogen and oxygen atoms in total. The standard InChI is InChI=1S/C22H30N2OS/c1-4-22(2,3)15-7-8-16-18(12-23)21(26-19(16)11-15)24-20(25)17-10-13-5-6-14(17)9-13/h13-15,17H,4-11H2,1-3H3,(H,24,25)/t13-,14-,15-,17-/m0/s1. The molecule has 1 heterocycles. The van der Waals surface area contributed by atoms with Gasteiger partial charge in [-0.15, -0.1) is 11.3 Å². The Bertz CT molecular complexity index is 757. The summed E-state index contributed by atoms with van der Waals surface area (Å²) in [6, 6.07) is 2.40. The zero-order valence-corrected chi connectivity index (χ0v) is 17.0. The highest BCUT2D eigenvalue weighted by atomic mass is 32.1. The van der Waals surface area contributed by atoms with Crippen LogP contribution in [0.3, 0.4) is 0 Å². The van der Waals surface area contributed by atoms with E-state index in [4.69, 9.17) is 0 Å². The van der Waals surface area contributed by atoms with E-state index in [1.807, 2.05) is 0 Å². The SMILES string of the molecule is CCC(C)(C)[C@H]1CCc2c(sc(NC(=O)[C@H]3C[C@H]4CC[C@H]3C4)c2C#N)C1. The fourth-order valence-corrected chi connectivity index (χ4v) is 6.80. The van der Waals surface area contributed by atoms with Crippen molar-refractivity contribution in [2.45, 2.75) is 72.1 Å². The van der Waals surface area contributed by atoms with E-state index in [0.29, 0.717) is 17.3 Å². The fourth-order valence-electron chi connectivity index (χ4n) is 5.52. The molecule has 4 atom stereocenters. The van der Waals surface area contributed by atoms with Crippen LogP contribution in [-0.2, 0) is 17.6 Å². The first-order valence-corrected chi connectivity index (χ1v) is 11.1. The minimum Gasteiger partial charge on any atom is -0.316 e. The third-order valence-electron chi connectivity index (χ3n) is 7.71. The van der Waals surface area contributed by atoms with E-state index >= 15 is 0 Å². The maximum absolute atomic E-state index is 12.8. The van der Waals surface area contributed by atoms with Crippen LogP contribution in [-0.4, -0.2) is 5.91 Å². The minimum absolute atomic E-state index is 0.165. The average molecular weight is 371 g/mol. The van der Waals surface area contributed by atoms with E-state index in [1.165, 1.54) is 36.1 Å². The quantitative estimate of drug-likeness (QED) is 0.757. The van der Waals surface area contributed by atoms with Gasteiger partial charge >= 0.3 is 0 Å². The molecule has 0 aliphatic heterocycles. The number of fused-ring (bicyclic) bond motifs is 3. The van der Waals surface area contributed by atoms with Crippen LogP contribution in [0.1, 0.15) is 75.3 Å². The van der Waals surface area contributed by atoms with Crippen molar-refractivity contribution >= 4 is 22.2 Å². The topological polar surface area (TPSA) is 52.9 Å². The number of amides is 1. The van der Waals surface area contributed by atoms with E-state index < -0.39 is 0 Å². The molecule has 1 N–H and O–H groups in total. The van der Waals surface area contributed by atoms with Crippen molar-refractivity contribution in [1.29, 1.82) is 5.26 Å². The van der Waals surface area contributed by atoms with Gasteiger partial charge in [-0.25, -0.2) is 0 Å². The number of thiophene rings is 1. The first-order valence-electron chi connectivity index (χ1n) is 10.3. The van der Waals surface area contributed by atoms with Crippen molar-refractivity contribution in [3.8, 4) is 6.07 Å². The largest absolute Gasteiger partial charge is 0.316 e. The van der Waals surface area contributed by atoms with Gasteiger partial charge in [0, 0.05) is 10.8 Å². The van der Waals surface area contributed by atoms with Crippen molar-refractivity contribution in [3.05, 3.63) is 16.0 Å². The van der Waals surface area contributed by atoms with Gasteiger partial charge < -0.3 is 5.32 Å². The van der Waals surface area contributed by atoms with Gasteiger partial charge in [0.15, 0.2) is 0 Å². The molecule has 4 heteroatoms. The van der Waals surface area contributed by atoms with E-state index in [-0.39, 0.29) is 11.8 Å². The molecular formula is C22H30N2OS. The van der Waals surface area contributed by atoms with Crippen LogP contribution in [0.15, 0.2) is 0 Å². The molecule has 2 saturated carbocycles. The predicted octanol–water partition coefficient (Wildman–Crippen LogP) is 5.54. The first kappa shape index (κ1) is 18.0. The second kappa shape index (κ2) is 6.68. The molecule has 0 saturated heterocycles. The molecule has 0 aromatic carbocycles. The molecule has 0 spiro atoms. The monoisotopic (exact) mass is 370 g/mol. The van der Waals surface area contributed by atoms with Gasteiger partial charge in [0.2, 0.25) is 5.91 Å². The normalized spacial score (nSPS) is 30.1. The average Bonchev–Trinajstić information content (AvgIpc) is 3.34. The van der Waals surface area contributed by atoms with Crippen LogP contribution < -0.4 is 5.32 Å². The lowest BCUT2D eigenvalue weighted by Gasteiger charge is -2.36. The summed E-state index contributed by atoms with van der Waals surface area (Å²) in [4.78, 5) is 14.2. The number of hydrogen-bond donors (Lipinski definition) is 1.